The van der Waals surface area contributed by atoms with Gasteiger partial charge in [0, 0.05) is 13.2 Å². The van der Waals surface area contributed by atoms with Gasteiger partial charge in [-0.15, -0.1) is 5.10 Å². The molecule has 0 aromatic carbocycles. The van der Waals surface area contributed by atoms with Gasteiger partial charge in [-0.05, 0) is 12.3 Å². The van der Waals surface area contributed by atoms with Gasteiger partial charge in [0.1, 0.15) is 0 Å². The number of hydrogen-bond acceptors (Lipinski definition) is 5. The minimum absolute atomic E-state index is 0.0813. The number of aliphatic hydroxyl groups is 1. The van der Waals surface area contributed by atoms with Crippen LogP contribution in [0.5, 0.6) is 0 Å². The Labute approximate surface area is 101 Å². The summed E-state index contributed by atoms with van der Waals surface area (Å²) in [5.41, 5.74) is 1.05. The van der Waals surface area contributed by atoms with Crippen molar-refractivity contribution in [2.24, 2.45) is 5.92 Å². The summed E-state index contributed by atoms with van der Waals surface area (Å²) < 4.78 is 6.34. The number of carbonyl (C=O) groups excluding carboxylic acids is 1. The second kappa shape index (κ2) is 6.34. The monoisotopic (exact) mass is 241 g/mol. The number of ether oxygens (including phenoxy) is 1. The van der Waals surface area contributed by atoms with Crippen molar-refractivity contribution in [3.63, 3.8) is 0 Å². The number of aromatic nitrogens is 3. The Hall–Kier alpha value is -1.43. The minimum atomic E-state index is -0.462. The number of carbonyl (C=O) groups is 1. The summed E-state index contributed by atoms with van der Waals surface area (Å²) in [5.74, 6) is -0.380. The normalized spacial score (nSPS) is 12.5. The predicted octanol–water partition coefficient (Wildman–Crippen LogP) is 0.646. The first-order valence-corrected chi connectivity index (χ1v) is 5.75. The Balaban J connectivity index is 2.97. The molecule has 0 aliphatic carbocycles. The van der Waals surface area contributed by atoms with Crippen LogP contribution >= 0.6 is 0 Å². The lowest BCUT2D eigenvalue weighted by Gasteiger charge is -2.10. The molecular formula is C11H19N3O3. The third kappa shape index (κ3) is 3.26. The molecule has 0 bridgehead atoms. The van der Waals surface area contributed by atoms with Crippen LogP contribution < -0.4 is 0 Å². The molecule has 1 N–H and O–H groups in total. The van der Waals surface area contributed by atoms with E-state index in [4.69, 9.17) is 5.11 Å². The van der Waals surface area contributed by atoms with Crippen LogP contribution in [0.1, 0.15) is 36.5 Å². The molecule has 0 amide bonds. The van der Waals surface area contributed by atoms with E-state index in [1.54, 1.807) is 4.68 Å². The highest BCUT2D eigenvalue weighted by molar-refractivity contribution is 5.88. The lowest BCUT2D eigenvalue weighted by molar-refractivity contribution is 0.0592. The first-order chi connectivity index (χ1) is 8.13. The smallest absolute Gasteiger partial charge is 0.360 e. The molecule has 0 aliphatic heterocycles. The molecule has 1 aromatic heterocycles. The van der Waals surface area contributed by atoms with Crippen molar-refractivity contribution < 1.29 is 14.6 Å². The summed E-state index contributed by atoms with van der Waals surface area (Å²) in [6, 6.07) is 0. The summed E-state index contributed by atoms with van der Waals surface area (Å²) in [4.78, 5) is 11.5. The van der Waals surface area contributed by atoms with E-state index >= 15 is 0 Å². The van der Waals surface area contributed by atoms with Crippen molar-refractivity contribution in [1.29, 1.82) is 0 Å². The van der Waals surface area contributed by atoms with Crippen molar-refractivity contribution in [2.45, 2.75) is 33.2 Å². The van der Waals surface area contributed by atoms with E-state index in [2.05, 4.69) is 15.0 Å². The zero-order valence-electron chi connectivity index (χ0n) is 10.5. The number of nitrogens with zero attached hydrogens (tertiary/aromatic N) is 3. The Morgan fingerprint density at radius 1 is 1.59 bits per heavy atom. The van der Waals surface area contributed by atoms with Gasteiger partial charge >= 0.3 is 5.97 Å². The Bertz CT molecular complexity index is 376. The number of esters is 1. The first kappa shape index (κ1) is 13.6. The maximum absolute atomic E-state index is 11.5. The lowest BCUT2D eigenvalue weighted by atomic mass is 10.1. The van der Waals surface area contributed by atoms with Gasteiger partial charge in [0.05, 0.1) is 12.8 Å². The summed E-state index contributed by atoms with van der Waals surface area (Å²) in [6.45, 7) is 4.57. The zero-order valence-corrected chi connectivity index (χ0v) is 10.5. The molecule has 0 saturated carbocycles. The van der Waals surface area contributed by atoms with Crippen LogP contribution in [0.15, 0.2) is 0 Å². The molecule has 1 rings (SSSR count). The van der Waals surface area contributed by atoms with Gasteiger partial charge < -0.3 is 9.84 Å². The summed E-state index contributed by atoms with van der Waals surface area (Å²) in [5, 5.41) is 16.8. The second-order valence-corrected chi connectivity index (χ2v) is 4.10. The summed E-state index contributed by atoms with van der Waals surface area (Å²) in [6.07, 6.45) is 1.61. The maximum Gasteiger partial charge on any atom is 0.360 e. The highest BCUT2D eigenvalue weighted by Crippen LogP contribution is 2.11. The van der Waals surface area contributed by atoms with E-state index in [1.807, 2.05) is 13.8 Å². The van der Waals surface area contributed by atoms with Crippen LogP contribution in [-0.2, 0) is 17.7 Å². The molecule has 6 heteroatoms. The van der Waals surface area contributed by atoms with E-state index in [0.717, 1.165) is 18.5 Å². The summed E-state index contributed by atoms with van der Waals surface area (Å²) in [7, 11) is 1.33. The predicted molar refractivity (Wildman–Crippen MR) is 61.6 cm³/mol. The van der Waals surface area contributed by atoms with Crippen molar-refractivity contribution in [2.75, 3.05) is 13.7 Å². The van der Waals surface area contributed by atoms with E-state index in [1.165, 1.54) is 7.11 Å². The van der Waals surface area contributed by atoms with Gasteiger partial charge in [-0.1, -0.05) is 25.5 Å². The molecule has 1 heterocycles. The molecule has 0 saturated heterocycles. The quantitative estimate of drug-likeness (QED) is 0.740. The van der Waals surface area contributed by atoms with Crippen molar-refractivity contribution >= 4 is 5.97 Å². The van der Waals surface area contributed by atoms with Crippen LogP contribution in [0.4, 0.5) is 0 Å². The number of aliphatic hydroxyl groups excluding tert-OH is 1. The van der Waals surface area contributed by atoms with Crippen LogP contribution in [0.3, 0.4) is 0 Å². The van der Waals surface area contributed by atoms with E-state index in [9.17, 15) is 4.79 Å². The molecular weight excluding hydrogens is 222 g/mol. The van der Waals surface area contributed by atoms with Crippen LogP contribution in [-0.4, -0.2) is 39.8 Å². The third-order valence-corrected chi connectivity index (χ3v) is 2.50. The third-order valence-electron chi connectivity index (χ3n) is 2.50. The Morgan fingerprint density at radius 3 is 2.82 bits per heavy atom. The zero-order chi connectivity index (χ0) is 12.8. The van der Waals surface area contributed by atoms with Gasteiger partial charge in [0.25, 0.3) is 0 Å². The van der Waals surface area contributed by atoms with E-state index in [-0.39, 0.29) is 18.2 Å². The number of rotatable bonds is 6. The first-order valence-electron chi connectivity index (χ1n) is 5.75. The summed E-state index contributed by atoms with van der Waals surface area (Å²) >= 11 is 0. The van der Waals surface area contributed by atoms with Gasteiger partial charge in [-0.25, -0.2) is 9.48 Å². The molecule has 0 fully saturated rings. The Kier molecular flexibility index (Phi) is 5.09. The second-order valence-electron chi connectivity index (χ2n) is 4.10. The Morgan fingerprint density at radius 2 is 2.29 bits per heavy atom. The number of hydrogen-bond donors (Lipinski definition) is 1. The molecule has 0 radical (unpaired) electrons. The van der Waals surface area contributed by atoms with E-state index in [0.29, 0.717) is 6.54 Å². The molecule has 96 valence electrons. The molecule has 0 spiro atoms. The topological polar surface area (TPSA) is 77.2 Å². The van der Waals surface area contributed by atoms with Crippen molar-refractivity contribution in [1.82, 2.24) is 15.0 Å². The van der Waals surface area contributed by atoms with E-state index < -0.39 is 5.97 Å². The van der Waals surface area contributed by atoms with Crippen molar-refractivity contribution in [3.8, 4) is 0 Å². The van der Waals surface area contributed by atoms with Crippen LogP contribution in [0, 0.1) is 5.92 Å². The maximum atomic E-state index is 11.5. The molecule has 1 aromatic rings. The molecule has 0 aliphatic rings. The SMILES string of the molecule is CCCc1c(C(=O)OC)nnn1CC(C)CO. The van der Waals surface area contributed by atoms with Crippen LogP contribution in [0.25, 0.3) is 0 Å². The average molecular weight is 241 g/mol. The van der Waals surface area contributed by atoms with Gasteiger partial charge in [-0.2, -0.15) is 0 Å². The number of methoxy groups -OCH3 is 1. The largest absolute Gasteiger partial charge is 0.464 e. The fourth-order valence-corrected chi connectivity index (χ4v) is 1.57. The minimum Gasteiger partial charge on any atom is -0.464 e. The molecule has 6 nitrogen and oxygen atoms in total. The highest BCUT2D eigenvalue weighted by atomic mass is 16.5. The average Bonchev–Trinajstić information content (AvgIpc) is 2.72. The molecule has 1 unspecified atom stereocenters. The lowest BCUT2D eigenvalue weighted by Crippen LogP contribution is -2.16. The van der Waals surface area contributed by atoms with Crippen LogP contribution in [0.2, 0.25) is 0 Å². The molecule has 1 atom stereocenters. The van der Waals surface area contributed by atoms with Gasteiger partial charge in [-0.3, -0.25) is 0 Å². The van der Waals surface area contributed by atoms with Crippen molar-refractivity contribution in [3.05, 3.63) is 11.4 Å². The molecule has 17 heavy (non-hydrogen) atoms. The van der Waals surface area contributed by atoms with Gasteiger partial charge in [0.2, 0.25) is 0 Å². The van der Waals surface area contributed by atoms with Gasteiger partial charge in [0.15, 0.2) is 5.69 Å². The fraction of sp³-hybridized carbons (Fsp3) is 0.727. The highest BCUT2D eigenvalue weighted by Gasteiger charge is 2.20. The standard InChI is InChI=1S/C11H19N3O3/c1-4-5-9-10(11(16)17-3)12-13-14(9)6-8(2)7-15/h8,15H,4-7H2,1-3H3. The fourth-order valence-electron chi connectivity index (χ4n) is 1.57.